The molecule has 0 aliphatic heterocycles. The molecule has 0 radical (unpaired) electrons. The van der Waals surface area contributed by atoms with Gasteiger partial charge in [-0.25, -0.2) is 0 Å². The summed E-state index contributed by atoms with van der Waals surface area (Å²) in [5, 5.41) is 3.65. The molecule has 0 bridgehead atoms. The van der Waals surface area contributed by atoms with Crippen molar-refractivity contribution in [2.24, 2.45) is 5.16 Å². The summed E-state index contributed by atoms with van der Waals surface area (Å²) in [5.41, 5.74) is 0.704. The van der Waals surface area contributed by atoms with Gasteiger partial charge in [0.2, 0.25) is 0 Å². The summed E-state index contributed by atoms with van der Waals surface area (Å²) in [6.45, 7) is 0.204. The highest BCUT2D eigenvalue weighted by Gasteiger charge is 1.98. The number of pyridine rings is 1. The van der Waals surface area contributed by atoms with Crippen LogP contribution in [0.1, 0.15) is 12.1 Å². The van der Waals surface area contributed by atoms with Gasteiger partial charge in [-0.3, -0.25) is 9.78 Å². The van der Waals surface area contributed by atoms with Crippen LogP contribution in [-0.2, 0) is 14.4 Å². The molecule has 0 saturated heterocycles. The second kappa shape index (κ2) is 6.53. The molecule has 0 amide bonds. The van der Waals surface area contributed by atoms with Gasteiger partial charge < -0.3 is 9.57 Å². The number of carbonyl (C=O) groups is 1. The number of nitrogens with zero attached hydrogens (tertiary/aromatic N) is 2. The predicted molar refractivity (Wildman–Crippen MR) is 54.4 cm³/mol. The van der Waals surface area contributed by atoms with Crippen LogP contribution in [0.25, 0.3) is 0 Å². The Balaban J connectivity index is 2.20. The first kappa shape index (κ1) is 11.2. The largest absolute Gasteiger partial charge is 0.469 e. The van der Waals surface area contributed by atoms with E-state index >= 15 is 0 Å². The minimum atomic E-state index is -0.317. The van der Waals surface area contributed by atoms with Crippen molar-refractivity contribution in [2.45, 2.75) is 6.42 Å². The Labute approximate surface area is 87.7 Å². The third-order valence-electron chi connectivity index (χ3n) is 1.57. The SMILES string of the molecule is COC(=O)CCO/N=C/c1ccccn1. The molecule has 5 nitrogen and oxygen atoms in total. The van der Waals surface area contributed by atoms with Gasteiger partial charge in [0.15, 0.2) is 0 Å². The Kier molecular flexibility index (Phi) is 4.86. The zero-order valence-corrected chi connectivity index (χ0v) is 8.42. The predicted octanol–water partition coefficient (Wildman–Crippen LogP) is 0.995. The summed E-state index contributed by atoms with van der Waals surface area (Å²) in [7, 11) is 1.33. The molecule has 0 aliphatic rings. The number of oxime groups is 1. The lowest BCUT2D eigenvalue weighted by atomic mass is 10.4. The zero-order valence-electron chi connectivity index (χ0n) is 8.42. The van der Waals surface area contributed by atoms with Crippen LogP contribution in [0.2, 0.25) is 0 Å². The molecule has 0 fully saturated rings. The van der Waals surface area contributed by atoms with Gasteiger partial charge in [-0.2, -0.15) is 0 Å². The first-order chi connectivity index (χ1) is 7.33. The molecule has 0 saturated carbocycles. The van der Waals surface area contributed by atoms with E-state index < -0.39 is 0 Å². The second-order valence-electron chi connectivity index (χ2n) is 2.65. The van der Waals surface area contributed by atoms with E-state index in [2.05, 4.69) is 14.9 Å². The van der Waals surface area contributed by atoms with Gasteiger partial charge in [0.05, 0.1) is 25.4 Å². The van der Waals surface area contributed by atoms with E-state index in [1.54, 1.807) is 12.3 Å². The number of aromatic nitrogens is 1. The van der Waals surface area contributed by atoms with Crippen LogP contribution in [0.4, 0.5) is 0 Å². The summed E-state index contributed by atoms with van der Waals surface area (Å²) in [5.74, 6) is -0.317. The summed E-state index contributed by atoms with van der Waals surface area (Å²) in [6.07, 6.45) is 3.34. The minimum Gasteiger partial charge on any atom is -0.469 e. The van der Waals surface area contributed by atoms with Crippen molar-refractivity contribution >= 4 is 12.2 Å². The molecular weight excluding hydrogens is 196 g/mol. The minimum absolute atomic E-state index is 0.191. The van der Waals surface area contributed by atoms with Crippen molar-refractivity contribution in [2.75, 3.05) is 13.7 Å². The van der Waals surface area contributed by atoms with Gasteiger partial charge in [-0.15, -0.1) is 0 Å². The highest BCUT2D eigenvalue weighted by Crippen LogP contribution is 1.90. The summed E-state index contributed by atoms with van der Waals surface area (Å²) in [6, 6.07) is 5.46. The number of ether oxygens (including phenoxy) is 1. The number of hydrogen-bond acceptors (Lipinski definition) is 5. The van der Waals surface area contributed by atoms with Crippen LogP contribution >= 0.6 is 0 Å². The zero-order chi connectivity index (χ0) is 10.9. The summed E-state index contributed by atoms with van der Waals surface area (Å²) >= 11 is 0. The van der Waals surface area contributed by atoms with Crippen LogP contribution in [0, 0.1) is 0 Å². The van der Waals surface area contributed by atoms with E-state index in [4.69, 9.17) is 4.84 Å². The average Bonchev–Trinajstić information content (AvgIpc) is 2.29. The monoisotopic (exact) mass is 208 g/mol. The lowest BCUT2D eigenvalue weighted by Crippen LogP contribution is -2.03. The van der Waals surface area contributed by atoms with Crippen molar-refractivity contribution in [1.82, 2.24) is 4.98 Å². The fourth-order valence-corrected chi connectivity index (χ4v) is 0.827. The fourth-order valence-electron chi connectivity index (χ4n) is 0.827. The smallest absolute Gasteiger partial charge is 0.309 e. The molecule has 1 aromatic heterocycles. The Bertz CT molecular complexity index is 325. The molecule has 0 N–H and O–H groups in total. The molecule has 1 rings (SSSR count). The third-order valence-corrected chi connectivity index (χ3v) is 1.57. The number of hydrogen-bond donors (Lipinski definition) is 0. The molecule has 1 aromatic rings. The standard InChI is InChI=1S/C10H12N2O3/c1-14-10(13)5-7-15-12-8-9-4-2-3-6-11-9/h2-4,6,8H,5,7H2,1H3/b12-8+. The van der Waals surface area contributed by atoms with E-state index in [9.17, 15) is 4.79 Å². The maximum absolute atomic E-state index is 10.7. The molecule has 15 heavy (non-hydrogen) atoms. The van der Waals surface area contributed by atoms with Gasteiger partial charge in [-0.1, -0.05) is 11.2 Å². The molecule has 0 aromatic carbocycles. The van der Waals surface area contributed by atoms with E-state index in [-0.39, 0.29) is 19.0 Å². The normalized spacial score (nSPS) is 10.2. The van der Waals surface area contributed by atoms with Gasteiger partial charge in [-0.05, 0) is 12.1 Å². The van der Waals surface area contributed by atoms with E-state index in [0.29, 0.717) is 5.69 Å². The maximum Gasteiger partial charge on any atom is 0.309 e. The highest BCUT2D eigenvalue weighted by molar-refractivity contribution is 5.76. The van der Waals surface area contributed by atoms with Crippen molar-refractivity contribution in [3.05, 3.63) is 30.1 Å². The molecule has 1 heterocycles. The number of methoxy groups -OCH3 is 1. The van der Waals surface area contributed by atoms with Crippen molar-refractivity contribution in [3.63, 3.8) is 0 Å². The molecular formula is C10H12N2O3. The van der Waals surface area contributed by atoms with Crippen LogP contribution in [0.15, 0.2) is 29.6 Å². The summed E-state index contributed by atoms with van der Waals surface area (Å²) < 4.78 is 4.43. The van der Waals surface area contributed by atoms with Gasteiger partial charge >= 0.3 is 5.97 Å². The van der Waals surface area contributed by atoms with Crippen LogP contribution < -0.4 is 0 Å². The highest BCUT2D eigenvalue weighted by atomic mass is 16.6. The van der Waals surface area contributed by atoms with Gasteiger partial charge in [0.1, 0.15) is 6.61 Å². The fraction of sp³-hybridized carbons (Fsp3) is 0.300. The Hall–Kier alpha value is -1.91. The molecule has 0 aliphatic carbocycles. The first-order valence-corrected chi connectivity index (χ1v) is 4.46. The van der Waals surface area contributed by atoms with Gasteiger partial charge in [0, 0.05) is 6.20 Å². The van der Waals surface area contributed by atoms with Crippen molar-refractivity contribution in [3.8, 4) is 0 Å². The van der Waals surface area contributed by atoms with Gasteiger partial charge in [0.25, 0.3) is 0 Å². The average molecular weight is 208 g/mol. The maximum atomic E-state index is 10.7. The molecule has 0 spiro atoms. The Morgan fingerprint density at radius 2 is 2.47 bits per heavy atom. The lowest BCUT2D eigenvalue weighted by molar-refractivity contribution is -0.141. The Morgan fingerprint density at radius 1 is 1.60 bits per heavy atom. The van der Waals surface area contributed by atoms with Crippen molar-refractivity contribution < 1.29 is 14.4 Å². The topological polar surface area (TPSA) is 60.8 Å². The molecule has 80 valence electrons. The second-order valence-corrected chi connectivity index (χ2v) is 2.65. The number of carbonyl (C=O) groups excluding carboxylic acids is 1. The Morgan fingerprint density at radius 3 is 3.13 bits per heavy atom. The molecule has 0 atom stereocenters. The number of rotatable bonds is 5. The van der Waals surface area contributed by atoms with Crippen molar-refractivity contribution in [1.29, 1.82) is 0 Å². The van der Waals surface area contributed by atoms with E-state index in [1.165, 1.54) is 13.3 Å². The summed E-state index contributed by atoms with van der Waals surface area (Å²) in [4.78, 5) is 19.5. The lowest BCUT2D eigenvalue weighted by Gasteiger charge is -1.97. The van der Waals surface area contributed by atoms with Crippen LogP contribution in [-0.4, -0.2) is 30.9 Å². The molecule has 5 heteroatoms. The van der Waals surface area contributed by atoms with E-state index in [0.717, 1.165) is 0 Å². The molecule has 0 unspecified atom stereocenters. The number of esters is 1. The van der Waals surface area contributed by atoms with E-state index in [1.807, 2.05) is 12.1 Å². The third kappa shape index (κ3) is 4.75. The van der Waals surface area contributed by atoms with Crippen LogP contribution in [0.3, 0.4) is 0 Å². The first-order valence-electron chi connectivity index (χ1n) is 4.46. The van der Waals surface area contributed by atoms with Crippen LogP contribution in [0.5, 0.6) is 0 Å². The quantitative estimate of drug-likeness (QED) is 0.313.